The molecule has 0 radical (unpaired) electrons. The van der Waals surface area contributed by atoms with Crippen molar-refractivity contribution in [2.24, 2.45) is 0 Å². The molecule has 0 aliphatic heterocycles. The van der Waals surface area contributed by atoms with Crippen molar-refractivity contribution in [3.63, 3.8) is 0 Å². The van der Waals surface area contributed by atoms with E-state index in [0.29, 0.717) is 5.56 Å². The largest absolute Gasteiger partial charge is 0.481 e. The van der Waals surface area contributed by atoms with Gasteiger partial charge in [0.1, 0.15) is 12.2 Å². The molecule has 0 aliphatic carbocycles. The van der Waals surface area contributed by atoms with Gasteiger partial charge in [0.15, 0.2) is 0 Å². The summed E-state index contributed by atoms with van der Waals surface area (Å²) in [7, 11) is 0. The molecule has 8 heteroatoms. The molecular weight excluding hydrogens is 327 g/mol. The summed E-state index contributed by atoms with van der Waals surface area (Å²) in [5.74, 6) is -1.76. The van der Waals surface area contributed by atoms with Crippen molar-refractivity contribution in [2.75, 3.05) is 0 Å². The van der Waals surface area contributed by atoms with Gasteiger partial charge in [-0.1, -0.05) is 12.1 Å². The van der Waals surface area contributed by atoms with Crippen LogP contribution in [0.3, 0.4) is 0 Å². The molecule has 2 N–H and O–H groups in total. The zero-order chi connectivity index (χ0) is 17.9. The summed E-state index contributed by atoms with van der Waals surface area (Å²) in [6.45, 7) is 1.45. The van der Waals surface area contributed by atoms with Crippen LogP contribution in [0.1, 0.15) is 32.8 Å². The molecule has 0 saturated carbocycles. The van der Waals surface area contributed by atoms with Gasteiger partial charge in [-0.15, -0.1) is 0 Å². The lowest BCUT2D eigenvalue weighted by Crippen LogP contribution is -2.24. The Hall–Kier alpha value is -2.77. The van der Waals surface area contributed by atoms with Gasteiger partial charge in [0, 0.05) is 12.1 Å². The number of benzene rings is 1. The first-order valence-electron chi connectivity index (χ1n) is 6.91. The summed E-state index contributed by atoms with van der Waals surface area (Å²) in [6, 6.07) is 4.59. The highest BCUT2D eigenvalue weighted by Crippen LogP contribution is 2.29. The van der Waals surface area contributed by atoms with Gasteiger partial charge in [0.05, 0.1) is 17.4 Å². The smallest absolute Gasteiger partial charge is 0.416 e. The number of aryl methyl sites for hydroxylation is 1. The minimum atomic E-state index is -4.46. The third-order valence-electron chi connectivity index (χ3n) is 3.30. The predicted molar refractivity (Wildman–Crippen MR) is 77.4 cm³/mol. The van der Waals surface area contributed by atoms with Gasteiger partial charge in [0.2, 0.25) is 0 Å². The molecule has 0 bridgehead atoms. The third-order valence-corrected chi connectivity index (χ3v) is 3.30. The molecular formula is C16H14F3NO4. The van der Waals surface area contributed by atoms with E-state index in [1.54, 1.807) is 6.92 Å². The molecule has 0 unspecified atom stereocenters. The van der Waals surface area contributed by atoms with Gasteiger partial charge < -0.3 is 14.8 Å². The molecule has 24 heavy (non-hydrogen) atoms. The van der Waals surface area contributed by atoms with Gasteiger partial charge in [-0.3, -0.25) is 9.59 Å². The maximum absolute atomic E-state index is 12.7. The maximum atomic E-state index is 12.7. The molecule has 1 heterocycles. The lowest BCUT2D eigenvalue weighted by molar-refractivity contribution is -0.138. The van der Waals surface area contributed by atoms with Crippen LogP contribution in [-0.4, -0.2) is 17.0 Å². The van der Waals surface area contributed by atoms with Crippen LogP contribution in [0.25, 0.3) is 0 Å². The monoisotopic (exact) mass is 341 g/mol. The van der Waals surface area contributed by atoms with E-state index in [4.69, 9.17) is 9.52 Å². The van der Waals surface area contributed by atoms with Crippen molar-refractivity contribution in [3.05, 3.63) is 58.5 Å². The summed E-state index contributed by atoms with van der Waals surface area (Å²) < 4.78 is 43.0. The molecule has 1 aromatic carbocycles. The molecule has 0 fully saturated rings. The van der Waals surface area contributed by atoms with E-state index >= 15 is 0 Å². The summed E-state index contributed by atoms with van der Waals surface area (Å²) in [5.41, 5.74) is 0.0107. The Bertz CT molecular complexity index is 765. The van der Waals surface area contributed by atoms with Crippen molar-refractivity contribution in [3.8, 4) is 0 Å². The fourth-order valence-corrected chi connectivity index (χ4v) is 2.20. The molecule has 0 aliphatic rings. The fourth-order valence-electron chi connectivity index (χ4n) is 2.20. The quantitative estimate of drug-likeness (QED) is 0.875. The minimum Gasteiger partial charge on any atom is -0.481 e. The number of hydrogen-bond donors (Lipinski definition) is 2. The standard InChI is InChI=1S/C16H14F3NO4/c1-9-8-24-12(6-13(21)22)14(9)15(23)20-7-10-3-2-4-11(5-10)16(17,18)19/h2-5,8H,6-7H2,1H3,(H,20,23)(H,21,22). The normalized spacial score (nSPS) is 11.3. The van der Waals surface area contributed by atoms with Crippen LogP contribution in [0.15, 0.2) is 34.9 Å². The number of hydrogen-bond acceptors (Lipinski definition) is 3. The Labute approximate surface area is 135 Å². The number of carbonyl (C=O) groups excluding carboxylic acids is 1. The minimum absolute atomic E-state index is 0.00143. The first kappa shape index (κ1) is 17.6. The number of carboxylic acids is 1. The number of rotatable bonds is 5. The number of alkyl halides is 3. The first-order chi connectivity index (χ1) is 11.2. The van der Waals surface area contributed by atoms with Crippen LogP contribution in [0.4, 0.5) is 13.2 Å². The summed E-state index contributed by atoms with van der Waals surface area (Å²) >= 11 is 0. The topological polar surface area (TPSA) is 79.5 Å². The van der Waals surface area contributed by atoms with Crippen molar-refractivity contribution in [2.45, 2.75) is 26.1 Å². The molecule has 2 rings (SSSR count). The molecule has 128 valence electrons. The van der Waals surface area contributed by atoms with Crippen LogP contribution >= 0.6 is 0 Å². The number of furan rings is 1. The number of carboxylic acid groups (broad SMARTS) is 1. The van der Waals surface area contributed by atoms with Crippen LogP contribution < -0.4 is 5.32 Å². The highest BCUT2D eigenvalue weighted by molar-refractivity contribution is 5.97. The molecule has 5 nitrogen and oxygen atoms in total. The number of amides is 1. The van der Waals surface area contributed by atoms with Gasteiger partial charge >= 0.3 is 12.1 Å². The van der Waals surface area contributed by atoms with Crippen molar-refractivity contribution < 1.29 is 32.3 Å². The number of halogens is 3. The lowest BCUT2D eigenvalue weighted by Gasteiger charge is -2.10. The Morgan fingerprint density at radius 1 is 1.29 bits per heavy atom. The first-order valence-corrected chi connectivity index (χ1v) is 6.91. The van der Waals surface area contributed by atoms with Crippen LogP contribution in [0.5, 0.6) is 0 Å². The Kier molecular flexibility index (Phi) is 4.96. The number of carbonyl (C=O) groups is 2. The van der Waals surface area contributed by atoms with Gasteiger partial charge in [-0.2, -0.15) is 13.2 Å². The second kappa shape index (κ2) is 6.77. The summed E-state index contributed by atoms with van der Waals surface area (Å²) in [6.07, 6.45) is -3.66. The number of nitrogens with one attached hydrogen (secondary N) is 1. The van der Waals surface area contributed by atoms with Gasteiger partial charge in [0.25, 0.3) is 5.91 Å². The van der Waals surface area contributed by atoms with E-state index in [1.165, 1.54) is 18.4 Å². The molecule has 0 saturated heterocycles. The van der Waals surface area contributed by atoms with Gasteiger partial charge in [-0.25, -0.2) is 0 Å². The van der Waals surface area contributed by atoms with Crippen LogP contribution in [0, 0.1) is 6.92 Å². The van der Waals surface area contributed by atoms with Crippen LogP contribution in [0.2, 0.25) is 0 Å². The predicted octanol–water partition coefficient (Wildman–Crippen LogP) is 3.16. The second-order valence-corrected chi connectivity index (χ2v) is 5.17. The number of aliphatic carboxylic acids is 1. The molecule has 0 atom stereocenters. The highest BCUT2D eigenvalue weighted by Gasteiger charge is 2.30. The molecule has 2 aromatic rings. The average molecular weight is 341 g/mol. The second-order valence-electron chi connectivity index (χ2n) is 5.17. The Morgan fingerprint density at radius 3 is 2.62 bits per heavy atom. The van der Waals surface area contributed by atoms with Gasteiger partial charge in [-0.05, 0) is 24.6 Å². The van der Waals surface area contributed by atoms with E-state index in [2.05, 4.69) is 5.32 Å². The molecule has 0 spiro atoms. The lowest BCUT2D eigenvalue weighted by atomic mass is 10.1. The van der Waals surface area contributed by atoms with E-state index in [-0.39, 0.29) is 23.4 Å². The molecule has 1 aromatic heterocycles. The average Bonchev–Trinajstić information content (AvgIpc) is 2.84. The van der Waals surface area contributed by atoms with E-state index < -0.39 is 30.0 Å². The van der Waals surface area contributed by atoms with Crippen molar-refractivity contribution in [1.29, 1.82) is 0 Å². The highest BCUT2D eigenvalue weighted by atomic mass is 19.4. The summed E-state index contributed by atoms with van der Waals surface area (Å²) in [5, 5.41) is 11.3. The Morgan fingerprint density at radius 2 is 2.00 bits per heavy atom. The SMILES string of the molecule is Cc1coc(CC(=O)O)c1C(=O)NCc1cccc(C(F)(F)F)c1. The van der Waals surface area contributed by atoms with E-state index in [9.17, 15) is 22.8 Å². The van der Waals surface area contributed by atoms with E-state index in [0.717, 1.165) is 12.1 Å². The fraction of sp³-hybridized carbons (Fsp3) is 0.250. The zero-order valence-electron chi connectivity index (χ0n) is 12.6. The van der Waals surface area contributed by atoms with Crippen molar-refractivity contribution >= 4 is 11.9 Å². The van der Waals surface area contributed by atoms with E-state index in [1.807, 2.05) is 0 Å². The van der Waals surface area contributed by atoms with Crippen LogP contribution in [-0.2, 0) is 23.9 Å². The van der Waals surface area contributed by atoms with Crippen molar-refractivity contribution in [1.82, 2.24) is 5.32 Å². The Balaban J connectivity index is 2.12. The summed E-state index contributed by atoms with van der Waals surface area (Å²) in [4.78, 5) is 23.0. The zero-order valence-corrected chi connectivity index (χ0v) is 12.6. The third kappa shape index (κ3) is 4.15. The maximum Gasteiger partial charge on any atom is 0.416 e. The molecule has 1 amide bonds.